The Hall–Kier alpha value is -2.49. The Morgan fingerprint density at radius 2 is 1.91 bits per heavy atom. The number of anilines is 2. The standard InChI is InChI=1S/C19H22N2O2/c1-15-9-10-16(23-15)11-12-19(22)20-17-7-3-4-8-18(17)21-13-5-2-6-14-21/h3-4,7-12H,2,5-6,13-14H2,1H3,(H,20,22)/b12-11+. The topological polar surface area (TPSA) is 45.5 Å². The summed E-state index contributed by atoms with van der Waals surface area (Å²) >= 11 is 0. The van der Waals surface area contributed by atoms with Gasteiger partial charge in [-0.25, -0.2) is 0 Å². The van der Waals surface area contributed by atoms with Gasteiger partial charge in [0.2, 0.25) is 5.91 Å². The molecule has 120 valence electrons. The molecule has 1 aliphatic rings. The molecule has 1 saturated heterocycles. The van der Waals surface area contributed by atoms with Crippen LogP contribution in [0.15, 0.2) is 46.9 Å². The second-order valence-electron chi connectivity index (χ2n) is 5.84. The molecule has 3 rings (SSSR count). The van der Waals surface area contributed by atoms with Gasteiger partial charge in [-0.1, -0.05) is 12.1 Å². The lowest BCUT2D eigenvalue weighted by Gasteiger charge is -2.30. The lowest BCUT2D eigenvalue weighted by Crippen LogP contribution is -2.30. The Morgan fingerprint density at radius 3 is 2.65 bits per heavy atom. The molecule has 0 aliphatic carbocycles. The van der Waals surface area contributed by atoms with Crippen LogP contribution < -0.4 is 10.2 Å². The average Bonchev–Trinajstić information content (AvgIpc) is 3.00. The SMILES string of the molecule is Cc1ccc(/C=C/C(=O)Nc2ccccc2N2CCCCC2)o1. The molecular formula is C19H22N2O2. The summed E-state index contributed by atoms with van der Waals surface area (Å²) in [6.45, 7) is 3.98. The van der Waals surface area contributed by atoms with Crippen LogP contribution in [0, 0.1) is 6.92 Å². The monoisotopic (exact) mass is 310 g/mol. The lowest BCUT2D eigenvalue weighted by atomic mass is 10.1. The first-order valence-corrected chi connectivity index (χ1v) is 8.12. The molecule has 4 nitrogen and oxygen atoms in total. The summed E-state index contributed by atoms with van der Waals surface area (Å²) < 4.78 is 5.43. The molecular weight excluding hydrogens is 288 g/mol. The highest BCUT2D eigenvalue weighted by Crippen LogP contribution is 2.28. The van der Waals surface area contributed by atoms with Crippen molar-refractivity contribution in [1.29, 1.82) is 0 Å². The van der Waals surface area contributed by atoms with Gasteiger partial charge in [-0.2, -0.15) is 0 Å². The Bertz CT molecular complexity index is 697. The van der Waals surface area contributed by atoms with Crippen molar-refractivity contribution in [2.75, 3.05) is 23.3 Å². The van der Waals surface area contributed by atoms with Crippen LogP contribution in [-0.4, -0.2) is 19.0 Å². The van der Waals surface area contributed by atoms with Gasteiger partial charge in [0, 0.05) is 19.2 Å². The van der Waals surface area contributed by atoms with Crippen LogP contribution in [0.1, 0.15) is 30.8 Å². The minimum atomic E-state index is -0.150. The largest absolute Gasteiger partial charge is 0.462 e. The molecule has 1 N–H and O–H groups in total. The zero-order valence-corrected chi connectivity index (χ0v) is 13.4. The van der Waals surface area contributed by atoms with Crippen LogP contribution in [0.5, 0.6) is 0 Å². The molecule has 2 aromatic rings. The van der Waals surface area contributed by atoms with Gasteiger partial charge in [0.25, 0.3) is 0 Å². The molecule has 0 spiro atoms. The second kappa shape index (κ2) is 7.18. The van der Waals surface area contributed by atoms with E-state index in [1.165, 1.54) is 25.3 Å². The van der Waals surface area contributed by atoms with Crippen molar-refractivity contribution >= 4 is 23.4 Å². The maximum atomic E-state index is 12.2. The minimum Gasteiger partial charge on any atom is -0.462 e. The van der Waals surface area contributed by atoms with E-state index in [0.29, 0.717) is 5.76 Å². The summed E-state index contributed by atoms with van der Waals surface area (Å²) in [7, 11) is 0. The van der Waals surface area contributed by atoms with Crippen molar-refractivity contribution in [3.63, 3.8) is 0 Å². The average molecular weight is 310 g/mol. The maximum absolute atomic E-state index is 12.2. The van der Waals surface area contributed by atoms with E-state index >= 15 is 0 Å². The smallest absolute Gasteiger partial charge is 0.248 e. The highest BCUT2D eigenvalue weighted by atomic mass is 16.3. The minimum absolute atomic E-state index is 0.150. The van der Waals surface area contributed by atoms with Gasteiger partial charge < -0.3 is 14.6 Å². The van der Waals surface area contributed by atoms with Crippen LogP contribution in [0.3, 0.4) is 0 Å². The Balaban J connectivity index is 1.69. The number of furan rings is 1. The molecule has 23 heavy (non-hydrogen) atoms. The van der Waals surface area contributed by atoms with Gasteiger partial charge >= 0.3 is 0 Å². The normalized spacial score (nSPS) is 15.1. The first-order valence-electron chi connectivity index (χ1n) is 8.12. The predicted molar refractivity (Wildman–Crippen MR) is 93.6 cm³/mol. The molecule has 4 heteroatoms. The summed E-state index contributed by atoms with van der Waals surface area (Å²) in [5, 5.41) is 2.98. The van der Waals surface area contributed by atoms with Gasteiger partial charge in [0.1, 0.15) is 11.5 Å². The van der Waals surface area contributed by atoms with Crippen molar-refractivity contribution in [3.8, 4) is 0 Å². The zero-order chi connectivity index (χ0) is 16.1. The predicted octanol–water partition coefficient (Wildman–Crippen LogP) is 4.23. The number of carbonyl (C=O) groups excluding carboxylic acids is 1. The Kier molecular flexibility index (Phi) is 4.81. The molecule has 0 saturated carbocycles. The van der Waals surface area contributed by atoms with E-state index in [0.717, 1.165) is 30.2 Å². The van der Waals surface area contributed by atoms with Gasteiger partial charge in [-0.15, -0.1) is 0 Å². The Labute approximate surface area is 136 Å². The van der Waals surface area contributed by atoms with Crippen LogP contribution in [-0.2, 0) is 4.79 Å². The summed E-state index contributed by atoms with van der Waals surface area (Å²) in [5.74, 6) is 1.37. The molecule has 0 unspecified atom stereocenters. The summed E-state index contributed by atoms with van der Waals surface area (Å²) in [6, 6.07) is 11.7. The Morgan fingerprint density at radius 1 is 1.13 bits per heavy atom. The fraction of sp³-hybridized carbons (Fsp3) is 0.316. The number of nitrogens with one attached hydrogen (secondary N) is 1. The first kappa shape index (κ1) is 15.4. The molecule has 1 amide bonds. The van der Waals surface area contributed by atoms with E-state index in [9.17, 15) is 4.79 Å². The highest BCUT2D eigenvalue weighted by molar-refractivity contribution is 6.03. The molecule has 1 aromatic heterocycles. The number of rotatable bonds is 4. The number of aryl methyl sites for hydroxylation is 1. The van der Waals surface area contributed by atoms with Crippen molar-refractivity contribution < 1.29 is 9.21 Å². The fourth-order valence-corrected chi connectivity index (χ4v) is 2.87. The molecule has 1 fully saturated rings. The van der Waals surface area contributed by atoms with E-state index < -0.39 is 0 Å². The second-order valence-corrected chi connectivity index (χ2v) is 5.84. The number of para-hydroxylation sites is 2. The molecule has 0 radical (unpaired) electrons. The molecule has 0 bridgehead atoms. The third kappa shape index (κ3) is 4.03. The summed E-state index contributed by atoms with van der Waals surface area (Å²) in [6.07, 6.45) is 6.90. The fourth-order valence-electron chi connectivity index (χ4n) is 2.87. The summed E-state index contributed by atoms with van der Waals surface area (Å²) in [4.78, 5) is 14.5. The first-order chi connectivity index (χ1) is 11.2. The van der Waals surface area contributed by atoms with Crippen LogP contribution in [0.4, 0.5) is 11.4 Å². The van der Waals surface area contributed by atoms with Crippen molar-refractivity contribution in [2.45, 2.75) is 26.2 Å². The van der Waals surface area contributed by atoms with Gasteiger partial charge in [0.15, 0.2) is 0 Å². The molecule has 0 atom stereocenters. The van der Waals surface area contributed by atoms with E-state index in [4.69, 9.17) is 4.42 Å². The van der Waals surface area contributed by atoms with Crippen LogP contribution >= 0.6 is 0 Å². The van der Waals surface area contributed by atoms with Crippen LogP contribution in [0.25, 0.3) is 6.08 Å². The molecule has 2 heterocycles. The van der Waals surface area contributed by atoms with Crippen LogP contribution in [0.2, 0.25) is 0 Å². The van der Waals surface area contributed by atoms with E-state index in [-0.39, 0.29) is 5.91 Å². The number of nitrogens with zero attached hydrogens (tertiary/aromatic N) is 1. The quantitative estimate of drug-likeness (QED) is 0.860. The number of amides is 1. The number of benzene rings is 1. The zero-order valence-electron chi connectivity index (χ0n) is 13.4. The third-order valence-corrected chi connectivity index (χ3v) is 4.02. The molecule has 1 aromatic carbocycles. The van der Waals surface area contributed by atoms with E-state index in [1.54, 1.807) is 6.08 Å². The maximum Gasteiger partial charge on any atom is 0.248 e. The lowest BCUT2D eigenvalue weighted by molar-refractivity contribution is -0.111. The number of carbonyl (C=O) groups is 1. The highest BCUT2D eigenvalue weighted by Gasteiger charge is 2.14. The molecule has 1 aliphatic heterocycles. The number of piperidine rings is 1. The number of hydrogen-bond acceptors (Lipinski definition) is 3. The van der Waals surface area contributed by atoms with E-state index in [1.807, 2.05) is 37.3 Å². The van der Waals surface area contributed by atoms with Gasteiger partial charge in [0.05, 0.1) is 11.4 Å². The third-order valence-electron chi connectivity index (χ3n) is 4.02. The van der Waals surface area contributed by atoms with E-state index in [2.05, 4.69) is 16.3 Å². The van der Waals surface area contributed by atoms with Gasteiger partial charge in [-0.05, 0) is 56.5 Å². The van der Waals surface area contributed by atoms with Crippen molar-refractivity contribution in [1.82, 2.24) is 0 Å². The summed E-state index contributed by atoms with van der Waals surface area (Å²) in [5.41, 5.74) is 1.96. The van der Waals surface area contributed by atoms with Crippen molar-refractivity contribution in [3.05, 3.63) is 54.0 Å². The van der Waals surface area contributed by atoms with Gasteiger partial charge in [-0.3, -0.25) is 4.79 Å². The number of hydrogen-bond donors (Lipinski definition) is 1. The van der Waals surface area contributed by atoms with Crippen molar-refractivity contribution in [2.24, 2.45) is 0 Å².